The van der Waals surface area contributed by atoms with Crippen LogP contribution in [0.1, 0.15) is 19.8 Å². The van der Waals surface area contributed by atoms with Crippen LogP contribution in [0.3, 0.4) is 0 Å². The van der Waals surface area contributed by atoms with Crippen molar-refractivity contribution < 1.29 is 4.74 Å². The zero-order valence-electron chi connectivity index (χ0n) is 7.52. The SMILES string of the molecule is CCCCOc1ccc(Cl)c(Cl)c1. The lowest BCUT2D eigenvalue weighted by Gasteiger charge is -2.05. The molecule has 0 aliphatic rings. The van der Waals surface area contributed by atoms with Crippen LogP contribution in [0.4, 0.5) is 0 Å². The van der Waals surface area contributed by atoms with E-state index in [1.807, 2.05) is 6.07 Å². The van der Waals surface area contributed by atoms with E-state index in [2.05, 4.69) is 6.92 Å². The molecule has 0 saturated heterocycles. The average Bonchev–Trinajstić information content (AvgIpc) is 2.12. The minimum Gasteiger partial charge on any atom is -0.494 e. The second kappa shape index (κ2) is 5.36. The summed E-state index contributed by atoms with van der Waals surface area (Å²) in [4.78, 5) is 0. The number of unbranched alkanes of at least 4 members (excludes halogenated alkanes) is 1. The predicted octanol–water partition coefficient (Wildman–Crippen LogP) is 4.17. The second-order valence-electron chi connectivity index (χ2n) is 2.78. The molecule has 0 aromatic heterocycles. The lowest BCUT2D eigenvalue weighted by atomic mass is 10.3. The highest BCUT2D eigenvalue weighted by atomic mass is 35.5. The Morgan fingerprint density at radius 3 is 2.62 bits per heavy atom. The van der Waals surface area contributed by atoms with Crippen molar-refractivity contribution in [2.45, 2.75) is 19.8 Å². The number of rotatable bonds is 4. The summed E-state index contributed by atoms with van der Waals surface area (Å²) in [5.41, 5.74) is 0. The van der Waals surface area contributed by atoms with E-state index in [9.17, 15) is 0 Å². The van der Waals surface area contributed by atoms with Crippen molar-refractivity contribution in [3.8, 4) is 5.75 Å². The Morgan fingerprint density at radius 1 is 1.23 bits per heavy atom. The summed E-state index contributed by atoms with van der Waals surface area (Å²) in [6.45, 7) is 2.85. The van der Waals surface area contributed by atoms with Crippen molar-refractivity contribution in [3.05, 3.63) is 28.2 Å². The summed E-state index contributed by atoms with van der Waals surface area (Å²) >= 11 is 11.6. The molecule has 0 heterocycles. The maximum Gasteiger partial charge on any atom is 0.120 e. The first-order valence-electron chi connectivity index (χ1n) is 4.32. The summed E-state index contributed by atoms with van der Waals surface area (Å²) in [6.07, 6.45) is 2.18. The minimum absolute atomic E-state index is 0.538. The summed E-state index contributed by atoms with van der Waals surface area (Å²) < 4.78 is 5.44. The molecule has 1 nitrogen and oxygen atoms in total. The molecule has 1 aromatic rings. The Morgan fingerprint density at radius 2 is 2.00 bits per heavy atom. The molecular weight excluding hydrogens is 207 g/mol. The lowest BCUT2D eigenvalue weighted by molar-refractivity contribution is 0.309. The van der Waals surface area contributed by atoms with Gasteiger partial charge in [-0.2, -0.15) is 0 Å². The molecule has 0 spiro atoms. The van der Waals surface area contributed by atoms with E-state index < -0.39 is 0 Å². The van der Waals surface area contributed by atoms with E-state index in [1.54, 1.807) is 12.1 Å². The maximum atomic E-state index is 5.81. The fraction of sp³-hybridized carbons (Fsp3) is 0.400. The van der Waals surface area contributed by atoms with Gasteiger partial charge in [0.15, 0.2) is 0 Å². The van der Waals surface area contributed by atoms with E-state index in [0.29, 0.717) is 10.0 Å². The summed E-state index contributed by atoms with van der Waals surface area (Å²) in [7, 11) is 0. The van der Waals surface area contributed by atoms with Crippen molar-refractivity contribution in [1.82, 2.24) is 0 Å². The number of halogens is 2. The number of hydrogen-bond acceptors (Lipinski definition) is 1. The second-order valence-corrected chi connectivity index (χ2v) is 3.59. The summed E-state index contributed by atoms with van der Waals surface area (Å²) in [6, 6.07) is 5.30. The Labute approximate surface area is 88.6 Å². The average molecular weight is 219 g/mol. The van der Waals surface area contributed by atoms with Gasteiger partial charge in [-0.1, -0.05) is 36.5 Å². The molecule has 1 aromatic carbocycles. The van der Waals surface area contributed by atoms with Gasteiger partial charge in [0.2, 0.25) is 0 Å². The van der Waals surface area contributed by atoms with Crippen LogP contribution in [0.2, 0.25) is 10.0 Å². The molecule has 0 N–H and O–H groups in total. The first-order chi connectivity index (χ1) is 6.24. The van der Waals surface area contributed by atoms with Crippen LogP contribution in [-0.2, 0) is 0 Å². The quantitative estimate of drug-likeness (QED) is 0.690. The monoisotopic (exact) mass is 218 g/mol. The molecule has 0 aliphatic heterocycles. The van der Waals surface area contributed by atoms with Gasteiger partial charge in [-0.15, -0.1) is 0 Å². The molecule has 3 heteroatoms. The number of hydrogen-bond donors (Lipinski definition) is 0. The molecule has 0 radical (unpaired) electrons. The molecule has 13 heavy (non-hydrogen) atoms. The largest absolute Gasteiger partial charge is 0.494 e. The highest BCUT2D eigenvalue weighted by molar-refractivity contribution is 6.42. The van der Waals surface area contributed by atoms with Crippen LogP contribution in [0.15, 0.2) is 18.2 Å². The van der Waals surface area contributed by atoms with Gasteiger partial charge < -0.3 is 4.74 Å². The van der Waals surface area contributed by atoms with Crippen molar-refractivity contribution in [1.29, 1.82) is 0 Å². The van der Waals surface area contributed by atoms with Crippen LogP contribution >= 0.6 is 23.2 Å². The third-order valence-corrected chi connectivity index (χ3v) is 2.40. The highest BCUT2D eigenvalue weighted by Crippen LogP contribution is 2.26. The molecule has 0 unspecified atom stereocenters. The maximum absolute atomic E-state index is 5.81. The van der Waals surface area contributed by atoms with Gasteiger partial charge in [-0.05, 0) is 18.6 Å². The molecular formula is C10H12Cl2O. The number of ether oxygens (including phenoxy) is 1. The molecule has 1 rings (SSSR count). The van der Waals surface area contributed by atoms with Crippen molar-refractivity contribution in [3.63, 3.8) is 0 Å². The summed E-state index contributed by atoms with van der Waals surface area (Å²) in [5.74, 6) is 0.780. The third-order valence-electron chi connectivity index (χ3n) is 1.66. The smallest absolute Gasteiger partial charge is 0.120 e. The minimum atomic E-state index is 0.538. The van der Waals surface area contributed by atoms with Gasteiger partial charge in [0.25, 0.3) is 0 Å². The van der Waals surface area contributed by atoms with Crippen LogP contribution in [0.5, 0.6) is 5.75 Å². The van der Waals surface area contributed by atoms with Crippen molar-refractivity contribution in [2.24, 2.45) is 0 Å². The molecule has 0 fully saturated rings. The zero-order valence-corrected chi connectivity index (χ0v) is 9.03. The Balaban J connectivity index is 2.53. The van der Waals surface area contributed by atoms with Gasteiger partial charge in [-0.25, -0.2) is 0 Å². The van der Waals surface area contributed by atoms with Crippen LogP contribution in [-0.4, -0.2) is 6.61 Å². The van der Waals surface area contributed by atoms with Gasteiger partial charge in [0.1, 0.15) is 5.75 Å². The van der Waals surface area contributed by atoms with E-state index in [-0.39, 0.29) is 0 Å². The van der Waals surface area contributed by atoms with E-state index in [1.165, 1.54) is 0 Å². The normalized spacial score (nSPS) is 10.1. The van der Waals surface area contributed by atoms with Crippen LogP contribution < -0.4 is 4.74 Å². The molecule has 0 saturated carbocycles. The van der Waals surface area contributed by atoms with E-state index in [4.69, 9.17) is 27.9 Å². The van der Waals surface area contributed by atoms with Crippen molar-refractivity contribution in [2.75, 3.05) is 6.61 Å². The van der Waals surface area contributed by atoms with E-state index >= 15 is 0 Å². The molecule has 0 amide bonds. The van der Waals surface area contributed by atoms with Crippen LogP contribution in [0, 0.1) is 0 Å². The lowest BCUT2D eigenvalue weighted by Crippen LogP contribution is -1.95. The molecule has 0 atom stereocenters. The first kappa shape index (κ1) is 10.7. The summed E-state index contributed by atoms with van der Waals surface area (Å²) in [5, 5.41) is 1.10. The van der Waals surface area contributed by atoms with Gasteiger partial charge in [-0.3, -0.25) is 0 Å². The van der Waals surface area contributed by atoms with Gasteiger partial charge in [0.05, 0.1) is 16.7 Å². The van der Waals surface area contributed by atoms with Gasteiger partial charge >= 0.3 is 0 Å². The zero-order chi connectivity index (χ0) is 9.68. The van der Waals surface area contributed by atoms with Gasteiger partial charge in [0, 0.05) is 6.07 Å². The third kappa shape index (κ3) is 3.45. The highest BCUT2D eigenvalue weighted by Gasteiger charge is 1.99. The fourth-order valence-corrected chi connectivity index (χ4v) is 1.19. The Bertz CT molecular complexity index is 274. The first-order valence-corrected chi connectivity index (χ1v) is 5.07. The topological polar surface area (TPSA) is 9.23 Å². The molecule has 0 bridgehead atoms. The Hall–Kier alpha value is -0.400. The standard InChI is InChI=1S/C10H12Cl2O/c1-2-3-6-13-8-4-5-9(11)10(12)7-8/h4-5,7H,2-3,6H2,1H3. The number of benzene rings is 1. The molecule has 0 aliphatic carbocycles. The van der Waals surface area contributed by atoms with E-state index in [0.717, 1.165) is 25.2 Å². The fourth-order valence-electron chi connectivity index (χ4n) is 0.901. The predicted molar refractivity (Wildman–Crippen MR) is 56.9 cm³/mol. The van der Waals surface area contributed by atoms with Crippen LogP contribution in [0.25, 0.3) is 0 Å². The molecule has 72 valence electrons. The van der Waals surface area contributed by atoms with Crippen molar-refractivity contribution >= 4 is 23.2 Å². The Kier molecular flexibility index (Phi) is 4.40.